The average Bonchev–Trinajstić information content (AvgIpc) is 2.56. The Bertz CT molecular complexity index is 445. The van der Waals surface area contributed by atoms with Gasteiger partial charge in [-0.25, -0.2) is 0 Å². The molecule has 2 heterocycles. The third kappa shape index (κ3) is 1.88. The van der Waals surface area contributed by atoms with Gasteiger partial charge in [0.1, 0.15) is 0 Å². The van der Waals surface area contributed by atoms with Gasteiger partial charge in [-0.2, -0.15) is 0 Å². The van der Waals surface area contributed by atoms with Crippen LogP contribution in [0.2, 0.25) is 0 Å². The Morgan fingerprint density at radius 1 is 1.06 bits per heavy atom. The Labute approximate surface area is 109 Å². The molecule has 0 saturated carbocycles. The molecule has 0 radical (unpaired) electrons. The predicted molar refractivity (Wildman–Crippen MR) is 73.7 cm³/mol. The van der Waals surface area contributed by atoms with Gasteiger partial charge >= 0.3 is 0 Å². The zero-order chi connectivity index (χ0) is 12.9. The molecule has 0 aliphatic carbocycles. The molecule has 98 valence electrons. The van der Waals surface area contributed by atoms with Gasteiger partial charge in [-0.1, -0.05) is 17.7 Å². The van der Waals surface area contributed by atoms with E-state index in [0.29, 0.717) is 12.1 Å². The summed E-state index contributed by atoms with van der Waals surface area (Å²) in [5.41, 5.74) is 4.35. The Kier molecular flexibility index (Phi) is 2.76. The highest BCUT2D eigenvalue weighted by Gasteiger charge is 2.44. The molecule has 2 N–H and O–H groups in total. The van der Waals surface area contributed by atoms with Crippen LogP contribution in [0.15, 0.2) is 12.1 Å². The van der Waals surface area contributed by atoms with Gasteiger partial charge in [-0.15, -0.1) is 0 Å². The summed E-state index contributed by atoms with van der Waals surface area (Å²) in [6, 6.07) is 5.41. The lowest BCUT2D eigenvalue weighted by Gasteiger charge is -2.39. The molecule has 2 heteroatoms. The SMILES string of the molecule is Cc1cc(C)c(C2(O)CC3CCC(C2)N3)c(C)c1. The molecule has 2 aliphatic heterocycles. The number of fused-ring (bicyclic) bond motifs is 2. The number of piperidine rings is 1. The Hall–Kier alpha value is -0.860. The number of hydrogen-bond donors (Lipinski definition) is 2. The van der Waals surface area contributed by atoms with Gasteiger partial charge in [0.05, 0.1) is 5.60 Å². The smallest absolute Gasteiger partial charge is 0.0931 e. The van der Waals surface area contributed by atoms with Crippen molar-refractivity contribution in [1.29, 1.82) is 0 Å². The highest BCUT2D eigenvalue weighted by Crippen LogP contribution is 2.43. The molecule has 0 aromatic heterocycles. The Morgan fingerprint density at radius 3 is 2.06 bits per heavy atom. The second-order valence-corrected chi connectivity index (χ2v) is 6.35. The number of rotatable bonds is 1. The minimum atomic E-state index is -0.612. The molecule has 2 saturated heterocycles. The first kappa shape index (κ1) is 12.2. The summed E-state index contributed by atoms with van der Waals surface area (Å²) in [6.07, 6.45) is 4.18. The van der Waals surface area contributed by atoms with Crippen LogP contribution in [0, 0.1) is 20.8 Å². The van der Waals surface area contributed by atoms with Crippen molar-refractivity contribution in [2.45, 2.75) is 64.1 Å². The summed E-state index contributed by atoms with van der Waals surface area (Å²) < 4.78 is 0. The molecule has 1 aromatic rings. The van der Waals surface area contributed by atoms with Crippen LogP contribution < -0.4 is 5.32 Å². The number of benzene rings is 1. The van der Waals surface area contributed by atoms with Crippen molar-refractivity contribution in [3.63, 3.8) is 0 Å². The van der Waals surface area contributed by atoms with Crippen molar-refractivity contribution in [1.82, 2.24) is 5.32 Å². The molecule has 18 heavy (non-hydrogen) atoms. The second-order valence-electron chi connectivity index (χ2n) is 6.35. The second kappa shape index (κ2) is 4.07. The van der Waals surface area contributed by atoms with Gasteiger partial charge < -0.3 is 10.4 Å². The maximum atomic E-state index is 11.1. The van der Waals surface area contributed by atoms with Crippen molar-refractivity contribution >= 4 is 0 Å². The van der Waals surface area contributed by atoms with Crippen molar-refractivity contribution in [3.8, 4) is 0 Å². The van der Waals surface area contributed by atoms with E-state index in [1.807, 2.05) is 0 Å². The van der Waals surface area contributed by atoms with Crippen LogP contribution in [0.25, 0.3) is 0 Å². The fraction of sp³-hybridized carbons (Fsp3) is 0.625. The Morgan fingerprint density at radius 2 is 1.56 bits per heavy atom. The van der Waals surface area contributed by atoms with Crippen LogP contribution in [0.3, 0.4) is 0 Å². The summed E-state index contributed by atoms with van der Waals surface area (Å²) >= 11 is 0. The standard InChI is InChI=1S/C16H23NO/c1-10-6-11(2)15(12(3)7-10)16(18)8-13-4-5-14(9-16)17-13/h6-7,13-14,17-18H,4-5,8-9H2,1-3H3. The van der Waals surface area contributed by atoms with E-state index in [-0.39, 0.29) is 0 Å². The van der Waals surface area contributed by atoms with Crippen LogP contribution in [-0.4, -0.2) is 17.2 Å². The highest BCUT2D eigenvalue weighted by atomic mass is 16.3. The highest BCUT2D eigenvalue weighted by molar-refractivity contribution is 5.42. The summed E-state index contributed by atoms with van der Waals surface area (Å²) in [5.74, 6) is 0. The van der Waals surface area contributed by atoms with Gasteiger partial charge in [-0.05, 0) is 63.1 Å². The normalized spacial score (nSPS) is 34.9. The topological polar surface area (TPSA) is 32.3 Å². The van der Waals surface area contributed by atoms with Crippen LogP contribution >= 0.6 is 0 Å². The van der Waals surface area contributed by atoms with E-state index in [2.05, 4.69) is 38.2 Å². The van der Waals surface area contributed by atoms with E-state index >= 15 is 0 Å². The predicted octanol–water partition coefficient (Wildman–Crippen LogP) is 2.71. The molecule has 3 rings (SSSR count). The molecule has 2 fully saturated rings. The number of aryl methyl sites for hydroxylation is 3. The first-order valence-corrected chi connectivity index (χ1v) is 7.05. The van der Waals surface area contributed by atoms with E-state index < -0.39 is 5.60 Å². The molecule has 2 nitrogen and oxygen atoms in total. The van der Waals surface area contributed by atoms with E-state index in [1.165, 1.54) is 35.1 Å². The van der Waals surface area contributed by atoms with Gasteiger partial charge in [0.25, 0.3) is 0 Å². The zero-order valence-electron chi connectivity index (χ0n) is 11.6. The quantitative estimate of drug-likeness (QED) is 0.797. The maximum absolute atomic E-state index is 11.1. The average molecular weight is 245 g/mol. The van der Waals surface area contributed by atoms with E-state index in [4.69, 9.17) is 0 Å². The molecular formula is C16H23NO. The van der Waals surface area contributed by atoms with E-state index in [9.17, 15) is 5.11 Å². The maximum Gasteiger partial charge on any atom is 0.0931 e. The molecule has 2 atom stereocenters. The third-order valence-electron chi connectivity index (χ3n) is 4.65. The van der Waals surface area contributed by atoms with Gasteiger partial charge in [0.15, 0.2) is 0 Å². The summed E-state index contributed by atoms with van der Waals surface area (Å²) in [4.78, 5) is 0. The summed E-state index contributed by atoms with van der Waals surface area (Å²) in [5, 5.41) is 14.7. The van der Waals surface area contributed by atoms with Gasteiger partial charge in [0.2, 0.25) is 0 Å². The monoisotopic (exact) mass is 245 g/mol. The third-order valence-corrected chi connectivity index (χ3v) is 4.65. The molecule has 2 aliphatic rings. The van der Waals surface area contributed by atoms with Gasteiger partial charge in [0, 0.05) is 12.1 Å². The van der Waals surface area contributed by atoms with Crippen LogP contribution in [-0.2, 0) is 5.60 Å². The molecule has 0 amide bonds. The van der Waals surface area contributed by atoms with Crippen molar-refractivity contribution < 1.29 is 5.11 Å². The van der Waals surface area contributed by atoms with Gasteiger partial charge in [-0.3, -0.25) is 0 Å². The van der Waals surface area contributed by atoms with Crippen molar-refractivity contribution in [3.05, 3.63) is 34.4 Å². The van der Waals surface area contributed by atoms with Crippen LogP contribution in [0.1, 0.15) is 47.9 Å². The summed E-state index contributed by atoms with van der Waals surface area (Å²) in [6.45, 7) is 6.40. The molecule has 0 spiro atoms. The minimum absolute atomic E-state index is 0.508. The lowest BCUT2D eigenvalue weighted by Crippen LogP contribution is -2.47. The molecule has 2 bridgehead atoms. The number of aliphatic hydroxyl groups is 1. The molecule has 1 aromatic carbocycles. The minimum Gasteiger partial charge on any atom is -0.385 e. The fourth-order valence-electron chi connectivity index (χ4n) is 4.24. The summed E-state index contributed by atoms with van der Waals surface area (Å²) in [7, 11) is 0. The molecule has 2 unspecified atom stereocenters. The first-order chi connectivity index (χ1) is 8.48. The number of hydrogen-bond acceptors (Lipinski definition) is 2. The Balaban J connectivity index is 2.04. The first-order valence-electron chi connectivity index (χ1n) is 7.05. The zero-order valence-corrected chi connectivity index (χ0v) is 11.6. The van der Waals surface area contributed by atoms with Crippen LogP contribution in [0.5, 0.6) is 0 Å². The lowest BCUT2D eigenvalue weighted by molar-refractivity contribution is -0.0125. The van der Waals surface area contributed by atoms with E-state index in [0.717, 1.165) is 12.8 Å². The number of nitrogens with one attached hydrogen (secondary N) is 1. The van der Waals surface area contributed by atoms with E-state index in [1.54, 1.807) is 0 Å². The largest absolute Gasteiger partial charge is 0.385 e. The van der Waals surface area contributed by atoms with Crippen LogP contribution in [0.4, 0.5) is 0 Å². The van der Waals surface area contributed by atoms with Crippen molar-refractivity contribution in [2.24, 2.45) is 0 Å². The molecular weight excluding hydrogens is 222 g/mol. The van der Waals surface area contributed by atoms with Crippen molar-refractivity contribution in [2.75, 3.05) is 0 Å². The lowest BCUT2D eigenvalue weighted by atomic mass is 9.77. The fourth-order valence-corrected chi connectivity index (χ4v) is 4.24.